The molecule has 11 aromatic rings. The van der Waals surface area contributed by atoms with Crippen molar-refractivity contribution in [2.45, 2.75) is 0 Å². The molecule has 0 bridgehead atoms. The Morgan fingerprint density at radius 2 is 0.597 bits per heavy atom. The van der Waals surface area contributed by atoms with Crippen molar-refractivity contribution >= 4 is 21.8 Å². The molecule has 0 amide bonds. The van der Waals surface area contributed by atoms with E-state index in [1.807, 2.05) is 30.3 Å². The third-order valence-corrected chi connectivity index (χ3v) is 11.5. The molecule has 3 aromatic heterocycles. The first-order valence-electron chi connectivity index (χ1n) is 20.9. The molecule has 3 heterocycles. The highest BCUT2D eigenvalue weighted by molar-refractivity contribution is 6.09. The Morgan fingerprint density at radius 3 is 1.13 bits per heavy atom. The van der Waals surface area contributed by atoms with E-state index in [0.29, 0.717) is 5.82 Å². The molecule has 290 valence electrons. The monoisotopic (exact) mass is 790 g/mol. The molecule has 0 N–H and O–H groups in total. The second-order valence-corrected chi connectivity index (χ2v) is 15.4. The van der Waals surface area contributed by atoms with Gasteiger partial charge in [-0.2, -0.15) is 0 Å². The molecule has 0 radical (unpaired) electrons. The number of hydrogen-bond donors (Lipinski definition) is 0. The van der Waals surface area contributed by atoms with E-state index < -0.39 is 0 Å². The summed E-state index contributed by atoms with van der Waals surface area (Å²) in [7, 11) is 0. The number of pyridine rings is 2. The van der Waals surface area contributed by atoms with E-state index in [1.165, 1.54) is 5.56 Å². The molecule has 0 saturated heterocycles. The van der Waals surface area contributed by atoms with Crippen LogP contribution in [0.2, 0.25) is 0 Å². The lowest BCUT2D eigenvalue weighted by molar-refractivity contribution is 1.18. The first-order valence-corrected chi connectivity index (χ1v) is 20.9. The predicted molar refractivity (Wildman–Crippen MR) is 256 cm³/mol. The lowest BCUT2D eigenvalue weighted by Gasteiger charge is -2.13. The summed E-state index contributed by atoms with van der Waals surface area (Å²) in [6, 6.07) is 80.4. The molecule has 0 spiro atoms. The van der Waals surface area contributed by atoms with E-state index in [0.717, 1.165) is 100 Å². The van der Waals surface area contributed by atoms with Gasteiger partial charge < -0.3 is 0 Å². The van der Waals surface area contributed by atoms with Crippen molar-refractivity contribution in [3.05, 3.63) is 231 Å². The van der Waals surface area contributed by atoms with Gasteiger partial charge in [0.05, 0.1) is 33.8 Å². The highest BCUT2D eigenvalue weighted by Crippen LogP contribution is 2.37. The van der Waals surface area contributed by atoms with E-state index in [4.69, 9.17) is 19.9 Å². The fourth-order valence-corrected chi connectivity index (χ4v) is 8.24. The SMILES string of the molecule is c1ccc(-c2ccc(-c3nc(-c4ccccc4)cc(-c4ccc(-c5ccc(-c6ccc7ccc8c(-c9ccccc9)cc(-c9ccccc9)nc8c7n6)cc5)cc4)n3)cc2)cc1. The quantitative estimate of drug-likeness (QED) is 0.144. The van der Waals surface area contributed by atoms with Crippen LogP contribution in [0.5, 0.6) is 0 Å². The average Bonchev–Trinajstić information content (AvgIpc) is 3.37. The van der Waals surface area contributed by atoms with Gasteiger partial charge >= 0.3 is 0 Å². The lowest BCUT2D eigenvalue weighted by atomic mass is 9.96. The Bertz CT molecular complexity index is 3330. The van der Waals surface area contributed by atoms with Crippen LogP contribution >= 0.6 is 0 Å². The number of fused-ring (bicyclic) bond motifs is 3. The van der Waals surface area contributed by atoms with Crippen LogP contribution in [-0.2, 0) is 0 Å². The zero-order chi connectivity index (χ0) is 41.2. The van der Waals surface area contributed by atoms with Crippen molar-refractivity contribution < 1.29 is 0 Å². The molecule has 0 fully saturated rings. The average molecular weight is 791 g/mol. The maximum absolute atomic E-state index is 5.29. The van der Waals surface area contributed by atoms with Gasteiger partial charge in [0.15, 0.2) is 5.82 Å². The molecular formula is C58H38N4. The van der Waals surface area contributed by atoms with Gasteiger partial charge in [0.2, 0.25) is 0 Å². The highest BCUT2D eigenvalue weighted by Gasteiger charge is 2.15. The first-order chi connectivity index (χ1) is 30.7. The summed E-state index contributed by atoms with van der Waals surface area (Å²) in [5.41, 5.74) is 17.4. The van der Waals surface area contributed by atoms with Crippen LogP contribution in [0.3, 0.4) is 0 Å². The summed E-state index contributed by atoms with van der Waals surface area (Å²) < 4.78 is 0. The van der Waals surface area contributed by atoms with E-state index in [2.05, 4.69) is 200 Å². The molecule has 4 heteroatoms. The van der Waals surface area contributed by atoms with Crippen LogP contribution in [0.25, 0.3) is 112 Å². The molecule has 0 atom stereocenters. The van der Waals surface area contributed by atoms with Crippen molar-refractivity contribution in [2.75, 3.05) is 0 Å². The smallest absolute Gasteiger partial charge is 0.160 e. The van der Waals surface area contributed by atoms with Crippen LogP contribution < -0.4 is 0 Å². The van der Waals surface area contributed by atoms with Crippen LogP contribution in [0.1, 0.15) is 0 Å². The second kappa shape index (κ2) is 16.0. The summed E-state index contributed by atoms with van der Waals surface area (Å²) >= 11 is 0. The van der Waals surface area contributed by atoms with Gasteiger partial charge in [0.25, 0.3) is 0 Å². The van der Waals surface area contributed by atoms with Gasteiger partial charge in [-0.05, 0) is 51.6 Å². The molecule has 0 aliphatic carbocycles. The van der Waals surface area contributed by atoms with E-state index >= 15 is 0 Å². The lowest BCUT2D eigenvalue weighted by Crippen LogP contribution is -1.96. The molecular weight excluding hydrogens is 753 g/mol. The fraction of sp³-hybridized carbons (Fsp3) is 0. The van der Waals surface area contributed by atoms with Gasteiger partial charge in [0, 0.05) is 38.6 Å². The second-order valence-electron chi connectivity index (χ2n) is 15.4. The van der Waals surface area contributed by atoms with Crippen molar-refractivity contribution in [1.29, 1.82) is 0 Å². The van der Waals surface area contributed by atoms with Crippen molar-refractivity contribution in [1.82, 2.24) is 19.9 Å². The molecule has 0 aliphatic heterocycles. The van der Waals surface area contributed by atoms with Crippen molar-refractivity contribution in [3.8, 4) is 89.8 Å². The minimum absolute atomic E-state index is 0.694. The van der Waals surface area contributed by atoms with E-state index in [-0.39, 0.29) is 0 Å². The standard InChI is InChI=1S/C58H38N4/c1-5-13-39(14-6-1)40-25-31-49(32-26-40)58-61-54(45-19-11-4-12-20-45)38-55(62-58)47-29-23-42(24-30-47)41-21-27-46(28-22-41)52-36-34-48-33-35-50-51(43-15-7-2-8-16-43)37-53(44-17-9-3-10-18-44)60-57(50)56(48)59-52/h1-38H. The third-order valence-electron chi connectivity index (χ3n) is 11.5. The fourth-order valence-electron chi connectivity index (χ4n) is 8.24. The molecule has 8 aromatic carbocycles. The maximum atomic E-state index is 5.29. The maximum Gasteiger partial charge on any atom is 0.160 e. The predicted octanol–water partition coefficient (Wildman–Crippen LogP) is 14.9. The third kappa shape index (κ3) is 7.20. The topological polar surface area (TPSA) is 51.6 Å². The minimum atomic E-state index is 0.694. The number of hydrogen-bond acceptors (Lipinski definition) is 4. The molecule has 4 nitrogen and oxygen atoms in total. The first kappa shape index (κ1) is 36.7. The van der Waals surface area contributed by atoms with E-state index in [1.54, 1.807) is 0 Å². The Hall–Kier alpha value is -8.34. The van der Waals surface area contributed by atoms with Crippen LogP contribution in [0.15, 0.2) is 231 Å². The molecule has 0 saturated carbocycles. The highest BCUT2D eigenvalue weighted by atomic mass is 14.9. The summed E-state index contributed by atoms with van der Waals surface area (Å²) in [5.74, 6) is 0.694. The van der Waals surface area contributed by atoms with Gasteiger partial charge in [-0.1, -0.05) is 212 Å². The number of rotatable bonds is 8. The van der Waals surface area contributed by atoms with Gasteiger partial charge in [-0.25, -0.2) is 19.9 Å². The molecule has 0 unspecified atom stereocenters. The summed E-state index contributed by atoms with van der Waals surface area (Å²) in [6.07, 6.45) is 0. The Balaban J connectivity index is 0.912. The number of aromatic nitrogens is 4. The summed E-state index contributed by atoms with van der Waals surface area (Å²) in [4.78, 5) is 20.7. The Kier molecular flexibility index (Phi) is 9.49. The number of nitrogens with zero attached hydrogens (tertiary/aromatic N) is 4. The van der Waals surface area contributed by atoms with Crippen LogP contribution in [0, 0.1) is 0 Å². The van der Waals surface area contributed by atoms with Gasteiger partial charge in [0.1, 0.15) is 0 Å². The van der Waals surface area contributed by atoms with Crippen LogP contribution in [-0.4, -0.2) is 19.9 Å². The Labute approximate surface area is 360 Å². The number of benzene rings is 8. The van der Waals surface area contributed by atoms with Crippen molar-refractivity contribution in [2.24, 2.45) is 0 Å². The summed E-state index contributed by atoms with van der Waals surface area (Å²) in [6.45, 7) is 0. The normalized spacial score (nSPS) is 11.2. The molecule has 62 heavy (non-hydrogen) atoms. The van der Waals surface area contributed by atoms with Crippen molar-refractivity contribution in [3.63, 3.8) is 0 Å². The molecule has 11 rings (SSSR count). The summed E-state index contributed by atoms with van der Waals surface area (Å²) in [5, 5.41) is 2.14. The zero-order valence-corrected chi connectivity index (χ0v) is 33.7. The van der Waals surface area contributed by atoms with Crippen LogP contribution in [0.4, 0.5) is 0 Å². The minimum Gasteiger partial charge on any atom is -0.245 e. The largest absolute Gasteiger partial charge is 0.245 e. The Morgan fingerprint density at radius 1 is 0.226 bits per heavy atom. The van der Waals surface area contributed by atoms with Gasteiger partial charge in [-0.3, -0.25) is 0 Å². The van der Waals surface area contributed by atoms with Gasteiger partial charge in [-0.15, -0.1) is 0 Å². The molecule has 0 aliphatic rings. The van der Waals surface area contributed by atoms with E-state index in [9.17, 15) is 0 Å². The zero-order valence-electron chi connectivity index (χ0n) is 33.7.